The van der Waals surface area contributed by atoms with Crippen LogP contribution in [0, 0.1) is 5.92 Å². The van der Waals surface area contributed by atoms with Gasteiger partial charge in [0.2, 0.25) is 0 Å². The van der Waals surface area contributed by atoms with Crippen molar-refractivity contribution in [2.24, 2.45) is 11.7 Å². The molecule has 2 atom stereocenters. The molecule has 0 bridgehead atoms. The average Bonchev–Trinajstić information content (AvgIpc) is 3.04. The fourth-order valence-corrected chi connectivity index (χ4v) is 3.13. The van der Waals surface area contributed by atoms with Gasteiger partial charge in [-0.05, 0) is 38.8 Å². The largest absolute Gasteiger partial charge is 0.330 e. The molecular formula is C14H26N4. The van der Waals surface area contributed by atoms with E-state index in [2.05, 4.69) is 30.0 Å². The van der Waals surface area contributed by atoms with Gasteiger partial charge in [0.15, 0.2) is 0 Å². The van der Waals surface area contributed by atoms with E-state index < -0.39 is 0 Å². The molecule has 0 aromatic carbocycles. The fraction of sp³-hybridized carbons (Fsp3) is 0.786. The van der Waals surface area contributed by atoms with Gasteiger partial charge in [-0.2, -0.15) is 5.10 Å². The maximum Gasteiger partial charge on any atom is 0.0534 e. The molecule has 1 aliphatic carbocycles. The van der Waals surface area contributed by atoms with Crippen molar-refractivity contribution in [3.05, 3.63) is 18.0 Å². The van der Waals surface area contributed by atoms with Crippen LogP contribution >= 0.6 is 0 Å². The van der Waals surface area contributed by atoms with Gasteiger partial charge in [-0.15, -0.1) is 0 Å². The van der Waals surface area contributed by atoms with E-state index in [1.807, 2.05) is 10.9 Å². The zero-order valence-electron chi connectivity index (χ0n) is 11.7. The number of nitrogens with zero attached hydrogens (tertiary/aromatic N) is 3. The van der Waals surface area contributed by atoms with E-state index in [-0.39, 0.29) is 0 Å². The summed E-state index contributed by atoms with van der Waals surface area (Å²) in [5.41, 5.74) is 7.21. The third-order valence-corrected chi connectivity index (χ3v) is 4.19. The Morgan fingerprint density at radius 3 is 2.89 bits per heavy atom. The zero-order chi connectivity index (χ0) is 13.0. The summed E-state index contributed by atoms with van der Waals surface area (Å²) in [6.45, 7) is 8.25. The highest BCUT2D eigenvalue weighted by Gasteiger charge is 2.30. The van der Waals surface area contributed by atoms with Crippen molar-refractivity contribution in [2.75, 3.05) is 13.1 Å². The lowest BCUT2D eigenvalue weighted by Gasteiger charge is -2.31. The molecule has 0 saturated heterocycles. The number of hydrogen-bond donors (Lipinski definition) is 1. The monoisotopic (exact) mass is 250 g/mol. The third-order valence-electron chi connectivity index (χ3n) is 4.19. The molecular weight excluding hydrogens is 224 g/mol. The van der Waals surface area contributed by atoms with E-state index in [0.717, 1.165) is 26.2 Å². The quantitative estimate of drug-likeness (QED) is 0.838. The summed E-state index contributed by atoms with van der Waals surface area (Å²) in [6.07, 6.45) is 8.09. The summed E-state index contributed by atoms with van der Waals surface area (Å²) < 4.78 is 2.00. The van der Waals surface area contributed by atoms with Gasteiger partial charge in [0.1, 0.15) is 0 Å². The lowest BCUT2D eigenvalue weighted by atomic mass is 10.0. The molecule has 1 aromatic heterocycles. The number of aromatic nitrogens is 2. The van der Waals surface area contributed by atoms with E-state index in [1.165, 1.54) is 24.8 Å². The molecule has 2 N–H and O–H groups in total. The minimum Gasteiger partial charge on any atom is -0.330 e. The van der Waals surface area contributed by atoms with Crippen molar-refractivity contribution in [2.45, 2.75) is 52.2 Å². The molecule has 18 heavy (non-hydrogen) atoms. The first-order valence-corrected chi connectivity index (χ1v) is 7.23. The van der Waals surface area contributed by atoms with Gasteiger partial charge in [-0.25, -0.2) is 0 Å². The van der Waals surface area contributed by atoms with Gasteiger partial charge in [-0.3, -0.25) is 9.58 Å². The number of nitrogens with two attached hydrogens (primary N) is 1. The highest BCUT2D eigenvalue weighted by atomic mass is 15.3. The molecule has 1 saturated carbocycles. The van der Waals surface area contributed by atoms with Gasteiger partial charge >= 0.3 is 0 Å². The van der Waals surface area contributed by atoms with E-state index in [9.17, 15) is 0 Å². The maximum absolute atomic E-state index is 5.89. The van der Waals surface area contributed by atoms with Crippen LogP contribution in [0.3, 0.4) is 0 Å². The summed E-state index contributed by atoms with van der Waals surface area (Å²) >= 11 is 0. The second-order valence-corrected chi connectivity index (χ2v) is 5.26. The minimum atomic E-state index is 0.671. The standard InChI is InChI=1S/C14H26N4/c1-3-17(14-7-5-6-13(14)8-15)10-12-9-16-18(4-2)11-12/h9,11,13-14H,3-8,10,15H2,1-2H3. The normalized spacial score (nSPS) is 24.0. The average molecular weight is 250 g/mol. The Balaban J connectivity index is 2.00. The summed E-state index contributed by atoms with van der Waals surface area (Å²) in [7, 11) is 0. The van der Waals surface area contributed by atoms with E-state index >= 15 is 0 Å². The van der Waals surface area contributed by atoms with Gasteiger partial charge in [0.05, 0.1) is 6.20 Å². The highest BCUT2D eigenvalue weighted by Crippen LogP contribution is 2.30. The Labute approximate surface area is 110 Å². The Kier molecular flexibility index (Phi) is 4.78. The van der Waals surface area contributed by atoms with Crippen LogP contribution in [0.1, 0.15) is 38.7 Å². The van der Waals surface area contributed by atoms with Crippen molar-refractivity contribution in [1.82, 2.24) is 14.7 Å². The topological polar surface area (TPSA) is 47.1 Å². The van der Waals surface area contributed by atoms with Crippen molar-refractivity contribution in [3.8, 4) is 0 Å². The SMILES string of the molecule is CCN(Cc1cnn(CC)c1)C1CCCC1CN. The van der Waals surface area contributed by atoms with Gasteiger partial charge in [0, 0.05) is 30.9 Å². The van der Waals surface area contributed by atoms with Crippen LogP contribution in [0.25, 0.3) is 0 Å². The Hall–Kier alpha value is -0.870. The van der Waals surface area contributed by atoms with Crippen molar-refractivity contribution in [1.29, 1.82) is 0 Å². The predicted molar refractivity (Wildman–Crippen MR) is 74.2 cm³/mol. The third kappa shape index (κ3) is 2.93. The summed E-state index contributed by atoms with van der Waals surface area (Å²) in [4.78, 5) is 2.57. The van der Waals surface area contributed by atoms with Crippen LogP contribution in [0.5, 0.6) is 0 Å². The van der Waals surface area contributed by atoms with Crippen LogP contribution in [-0.2, 0) is 13.1 Å². The van der Waals surface area contributed by atoms with Crippen LogP contribution in [0.2, 0.25) is 0 Å². The Morgan fingerprint density at radius 1 is 1.44 bits per heavy atom. The minimum absolute atomic E-state index is 0.671. The molecule has 1 heterocycles. The highest BCUT2D eigenvalue weighted by molar-refractivity contribution is 5.04. The number of hydrogen-bond acceptors (Lipinski definition) is 3. The smallest absolute Gasteiger partial charge is 0.0534 e. The van der Waals surface area contributed by atoms with Gasteiger partial charge in [-0.1, -0.05) is 13.3 Å². The second kappa shape index (κ2) is 6.34. The first-order chi connectivity index (χ1) is 8.78. The molecule has 0 spiro atoms. The molecule has 1 aliphatic rings. The van der Waals surface area contributed by atoms with Gasteiger partial charge in [0.25, 0.3) is 0 Å². The molecule has 0 radical (unpaired) electrons. The van der Waals surface area contributed by atoms with Crippen LogP contribution in [0.4, 0.5) is 0 Å². The molecule has 1 fully saturated rings. The first kappa shape index (κ1) is 13.6. The van der Waals surface area contributed by atoms with Crippen molar-refractivity contribution >= 4 is 0 Å². The van der Waals surface area contributed by atoms with E-state index in [1.54, 1.807) is 0 Å². The Bertz CT molecular complexity index is 360. The van der Waals surface area contributed by atoms with Gasteiger partial charge < -0.3 is 5.73 Å². The molecule has 2 unspecified atom stereocenters. The van der Waals surface area contributed by atoms with Crippen LogP contribution in [0.15, 0.2) is 12.4 Å². The molecule has 2 rings (SSSR count). The van der Waals surface area contributed by atoms with Crippen LogP contribution < -0.4 is 5.73 Å². The summed E-state index contributed by atoms with van der Waals surface area (Å²) in [6, 6.07) is 0.671. The lowest BCUT2D eigenvalue weighted by molar-refractivity contribution is 0.162. The molecule has 0 aliphatic heterocycles. The second-order valence-electron chi connectivity index (χ2n) is 5.26. The fourth-order valence-electron chi connectivity index (χ4n) is 3.13. The number of rotatable bonds is 6. The molecule has 102 valence electrons. The summed E-state index contributed by atoms with van der Waals surface area (Å²) in [5, 5.41) is 4.35. The lowest BCUT2D eigenvalue weighted by Crippen LogP contribution is -2.39. The Morgan fingerprint density at radius 2 is 2.28 bits per heavy atom. The first-order valence-electron chi connectivity index (χ1n) is 7.23. The zero-order valence-corrected chi connectivity index (χ0v) is 11.7. The van der Waals surface area contributed by atoms with E-state index in [0.29, 0.717) is 12.0 Å². The van der Waals surface area contributed by atoms with Crippen molar-refractivity contribution in [3.63, 3.8) is 0 Å². The summed E-state index contributed by atoms with van der Waals surface area (Å²) in [5.74, 6) is 0.686. The predicted octanol–water partition coefficient (Wildman–Crippen LogP) is 1.85. The molecule has 0 amide bonds. The van der Waals surface area contributed by atoms with E-state index in [4.69, 9.17) is 5.73 Å². The van der Waals surface area contributed by atoms with Crippen molar-refractivity contribution < 1.29 is 0 Å². The van der Waals surface area contributed by atoms with Crippen LogP contribution in [-0.4, -0.2) is 33.8 Å². The molecule has 4 nitrogen and oxygen atoms in total. The molecule has 1 aromatic rings. The maximum atomic E-state index is 5.89. The molecule has 4 heteroatoms. The number of aryl methyl sites for hydroxylation is 1.